The Hall–Kier alpha value is 0.137. The standard InChI is InChI=1S/C10H22O2Si/c1-8(2)12-13(5,9(3)4)7-10-6-11-10/h8-10H,6-7H2,1-5H3. The summed E-state index contributed by atoms with van der Waals surface area (Å²) in [6, 6.07) is 1.17. The Labute approximate surface area is 82.7 Å². The molecular weight excluding hydrogens is 180 g/mol. The van der Waals surface area contributed by atoms with Crippen molar-refractivity contribution in [2.45, 2.75) is 58.0 Å². The van der Waals surface area contributed by atoms with Crippen molar-refractivity contribution in [3.63, 3.8) is 0 Å². The van der Waals surface area contributed by atoms with Gasteiger partial charge in [-0.15, -0.1) is 0 Å². The van der Waals surface area contributed by atoms with Gasteiger partial charge in [0.25, 0.3) is 0 Å². The summed E-state index contributed by atoms with van der Waals surface area (Å²) in [5.41, 5.74) is 0.680. The smallest absolute Gasteiger partial charge is 0.195 e. The molecule has 1 aliphatic heterocycles. The molecule has 0 radical (unpaired) electrons. The Kier molecular flexibility index (Phi) is 3.55. The highest BCUT2D eigenvalue weighted by Gasteiger charge is 2.40. The second-order valence-corrected chi connectivity index (χ2v) is 9.22. The molecule has 0 N–H and O–H groups in total. The molecule has 0 aromatic carbocycles. The highest BCUT2D eigenvalue weighted by Crippen LogP contribution is 2.33. The first-order chi connectivity index (χ1) is 5.94. The summed E-state index contributed by atoms with van der Waals surface area (Å²) in [7, 11) is -1.52. The molecule has 2 unspecified atom stereocenters. The Morgan fingerprint density at radius 3 is 2.23 bits per heavy atom. The maximum absolute atomic E-state index is 6.11. The van der Waals surface area contributed by atoms with Gasteiger partial charge in [-0.2, -0.15) is 0 Å². The van der Waals surface area contributed by atoms with E-state index < -0.39 is 8.32 Å². The summed E-state index contributed by atoms with van der Waals surface area (Å²) in [6.07, 6.45) is 0.871. The van der Waals surface area contributed by atoms with Gasteiger partial charge in [0.05, 0.1) is 12.7 Å². The normalized spacial score (nSPS) is 26.5. The third-order valence-corrected chi connectivity index (χ3v) is 7.48. The summed E-state index contributed by atoms with van der Waals surface area (Å²) in [5.74, 6) is 0. The fourth-order valence-electron chi connectivity index (χ4n) is 1.60. The molecule has 1 aliphatic rings. The highest BCUT2D eigenvalue weighted by atomic mass is 28.4. The van der Waals surface area contributed by atoms with Gasteiger partial charge in [0.2, 0.25) is 0 Å². The zero-order valence-electron chi connectivity index (χ0n) is 9.46. The molecule has 1 saturated heterocycles. The van der Waals surface area contributed by atoms with Crippen LogP contribution in [0.3, 0.4) is 0 Å². The minimum absolute atomic E-state index is 0.359. The van der Waals surface area contributed by atoms with Crippen molar-refractivity contribution >= 4 is 8.32 Å². The van der Waals surface area contributed by atoms with Crippen LogP contribution in [0, 0.1) is 0 Å². The molecule has 0 aliphatic carbocycles. The van der Waals surface area contributed by atoms with Crippen molar-refractivity contribution in [3.05, 3.63) is 0 Å². The number of rotatable bonds is 5. The molecular formula is C10H22O2Si. The summed E-state index contributed by atoms with van der Waals surface area (Å²) in [4.78, 5) is 0. The van der Waals surface area contributed by atoms with Crippen molar-refractivity contribution < 1.29 is 9.16 Å². The highest BCUT2D eigenvalue weighted by molar-refractivity contribution is 6.74. The quantitative estimate of drug-likeness (QED) is 0.505. The molecule has 0 spiro atoms. The molecule has 0 saturated carbocycles. The van der Waals surface area contributed by atoms with Crippen LogP contribution in [0.15, 0.2) is 0 Å². The lowest BCUT2D eigenvalue weighted by Crippen LogP contribution is -2.41. The summed E-state index contributed by atoms with van der Waals surface area (Å²) >= 11 is 0. The third kappa shape index (κ3) is 3.41. The molecule has 13 heavy (non-hydrogen) atoms. The molecule has 0 amide bonds. The van der Waals surface area contributed by atoms with Gasteiger partial charge in [-0.3, -0.25) is 0 Å². The van der Waals surface area contributed by atoms with Gasteiger partial charge in [-0.1, -0.05) is 13.8 Å². The van der Waals surface area contributed by atoms with E-state index >= 15 is 0 Å². The largest absolute Gasteiger partial charge is 0.414 e. The van der Waals surface area contributed by atoms with E-state index in [4.69, 9.17) is 9.16 Å². The summed E-state index contributed by atoms with van der Waals surface area (Å²) < 4.78 is 11.4. The maximum Gasteiger partial charge on any atom is 0.195 e. The van der Waals surface area contributed by atoms with Crippen molar-refractivity contribution in [2.24, 2.45) is 0 Å². The molecule has 1 fully saturated rings. The van der Waals surface area contributed by atoms with E-state index in [9.17, 15) is 0 Å². The van der Waals surface area contributed by atoms with Crippen LogP contribution >= 0.6 is 0 Å². The lowest BCUT2D eigenvalue weighted by atomic mass is 10.5. The van der Waals surface area contributed by atoms with Crippen molar-refractivity contribution in [2.75, 3.05) is 6.61 Å². The Balaban J connectivity index is 2.49. The van der Waals surface area contributed by atoms with Gasteiger partial charge in [-0.25, -0.2) is 0 Å². The van der Waals surface area contributed by atoms with Crippen LogP contribution in [0.1, 0.15) is 27.7 Å². The van der Waals surface area contributed by atoms with Gasteiger partial charge in [-0.05, 0) is 32.0 Å². The molecule has 0 aromatic rings. The van der Waals surface area contributed by atoms with Crippen LogP contribution in [-0.2, 0) is 9.16 Å². The number of epoxide rings is 1. The van der Waals surface area contributed by atoms with Crippen molar-refractivity contribution in [1.82, 2.24) is 0 Å². The van der Waals surface area contributed by atoms with Gasteiger partial charge >= 0.3 is 0 Å². The number of ether oxygens (including phenoxy) is 1. The predicted octanol–water partition coefficient (Wildman–Crippen LogP) is 2.80. The van der Waals surface area contributed by atoms with Gasteiger partial charge in [0, 0.05) is 6.10 Å². The van der Waals surface area contributed by atoms with Gasteiger partial charge < -0.3 is 9.16 Å². The van der Waals surface area contributed by atoms with Crippen molar-refractivity contribution in [1.29, 1.82) is 0 Å². The zero-order valence-corrected chi connectivity index (χ0v) is 10.5. The molecule has 2 nitrogen and oxygen atoms in total. The molecule has 0 aromatic heterocycles. The topological polar surface area (TPSA) is 21.8 Å². The lowest BCUT2D eigenvalue weighted by Gasteiger charge is -2.32. The molecule has 1 rings (SSSR count). The monoisotopic (exact) mass is 202 g/mol. The molecule has 2 atom stereocenters. The number of hydrogen-bond acceptors (Lipinski definition) is 2. The second kappa shape index (κ2) is 4.11. The predicted molar refractivity (Wildman–Crippen MR) is 57.5 cm³/mol. The average molecular weight is 202 g/mol. The fraction of sp³-hybridized carbons (Fsp3) is 1.00. The number of hydrogen-bond donors (Lipinski definition) is 0. The minimum Gasteiger partial charge on any atom is -0.414 e. The lowest BCUT2D eigenvalue weighted by molar-refractivity contribution is 0.220. The molecule has 1 heterocycles. The SMILES string of the molecule is CC(C)O[Si](C)(CC1CO1)C(C)C. The second-order valence-electron chi connectivity index (χ2n) is 4.79. The van der Waals surface area contributed by atoms with E-state index in [2.05, 4.69) is 34.2 Å². The maximum atomic E-state index is 6.11. The van der Waals surface area contributed by atoms with E-state index in [1.165, 1.54) is 6.04 Å². The zero-order chi connectivity index (χ0) is 10.1. The van der Waals surface area contributed by atoms with E-state index in [-0.39, 0.29) is 0 Å². The first kappa shape index (κ1) is 11.2. The van der Waals surface area contributed by atoms with Crippen LogP contribution in [-0.4, -0.2) is 27.1 Å². The fourth-order valence-corrected chi connectivity index (χ4v) is 4.65. The van der Waals surface area contributed by atoms with Gasteiger partial charge in [0.15, 0.2) is 8.32 Å². The average Bonchev–Trinajstić information content (AvgIpc) is 2.69. The Morgan fingerprint density at radius 1 is 1.38 bits per heavy atom. The Bertz CT molecular complexity index is 160. The van der Waals surface area contributed by atoms with E-state index in [0.29, 0.717) is 17.7 Å². The van der Waals surface area contributed by atoms with E-state index in [1.54, 1.807) is 0 Å². The van der Waals surface area contributed by atoms with Crippen LogP contribution in [0.4, 0.5) is 0 Å². The van der Waals surface area contributed by atoms with E-state index in [0.717, 1.165) is 6.61 Å². The molecule has 3 heteroatoms. The van der Waals surface area contributed by atoms with Gasteiger partial charge in [0.1, 0.15) is 0 Å². The molecule has 78 valence electrons. The van der Waals surface area contributed by atoms with Crippen LogP contribution < -0.4 is 0 Å². The van der Waals surface area contributed by atoms with Crippen LogP contribution in [0.2, 0.25) is 18.1 Å². The summed E-state index contributed by atoms with van der Waals surface area (Å²) in [6.45, 7) is 12.1. The van der Waals surface area contributed by atoms with Crippen LogP contribution in [0.25, 0.3) is 0 Å². The van der Waals surface area contributed by atoms with Crippen LogP contribution in [0.5, 0.6) is 0 Å². The Morgan fingerprint density at radius 2 is 1.92 bits per heavy atom. The summed E-state index contributed by atoms with van der Waals surface area (Å²) in [5, 5.41) is 0. The minimum atomic E-state index is -1.52. The first-order valence-corrected chi connectivity index (χ1v) is 7.93. The third-order valence-electron chi connectivity index (χ3n) is 2.76. The van der Waals surface area contributed by atoms with E-state index in [1.807, 2.05) is 0 Å². The molecule has 0 bridgehead atoms. The first-order valence-electron chi connectivity index (χ1n) is 5.23. The van der Waals surface area contributed by atoms with Crippen molar-refractivity contribution in [3.8, 4) is 0 Å².